The van der Waals surface area contributed by atoms with Crippen molar-refractivity contribution in [3.05, 3.63) is 88.6 Å². The van der Waals surface area contributed by atoms with E-state index in [2.05, 4.69) is 10.5 Å². The number of hydrogen-bond donors (Lipinski definition) is 1. The van der Waals surface area contributed by atoms with Crippen LogP contribution in [-0.2, 0) is 11.3 Å². The van der Waals surface area contributed by atoms with Crippen molar-refractivity contribution < 1.29 is 9.53 Å². The summed E-state index contributed by atoms with van der Waals surface area (Å²) in [6.07, 6.45) is 1.58. The number of nitrogens with zero attached hydrogens (tertiary/aromatic N) is 2. The average Bonchev–Trinajstić information content (AvgIpc) is 2.78. The molecular weight excluding hydrogens is 378 g/mol. The van der Waals surface area contributed by atoms with Crippen LogP contribution in [0.5, 0.6) is 5.75 Å². The number of hydrazone groups is 1. The van der Waals surface area contributed by atoms with Gasteiger partial charge in [-0.05, 0) is 61.0 Å². The highest BCUT2D eigenvalue weighted by Crippen LogP contribution is 2.19. The van der Waals surface area contributed by atoms with Crippen LogP contribution in [0.1, 0.15) is 12.5 Å². The molecule has 0 atom stereocenters. The summed E-state index contributed by atoms with van der Waals surface area (Å²) in [4.78, 5) is 25.3. The lowest BCUT2D eigenvalue weighted by molar-refractivity contribution is -0.121. The van der Waals surface area contributed by atoms with Crippen LogP contribution in [0.3, 0.4) is 0 Å². The van der Waals surface area contributed by atoms with Crippen molar-refractivity contribution in [1.82, 2.24) is 9.99 Å². The Labute approximate surface area is 173 Å². The van der Waals surface area contributed by atoms with Crippen molar-refractivity contribution in [3.8, 4) is 5.75 Å². The zero-order valence-electron chi connectivity index (χ0n) is 16.5. The highest BCUT2D eigenvalue weighted by atomic mass is 16.5. The number of nitrogens with one attached hydrogen (secondary N) is 1. The number of benzene rings is 3. The lowest BCUT2D eigenvalue weighted by atomic mass is 10.1. The molecule has 0 unspecified atom stereocenters. The van der Waals surface area contributed by atoms with Crippen LogP contribution in [0.15, 0.2) is 82.7 Å². The maximum atomic E-state index is 12.8. The molecule has 0 aliphatic heterocycles. The SMILES string of the molecule is CCOc1ccc(/C=N/NC(=O)Cn2c3ccccc3c(=O)c3ccccc32)cc1. The molecule has 1 heterocycles. The van der Waals surface area contributed by atoms with Gasteiger partial charge in [-0.3, -0.25) is 9.59 Å². The second-order valence-electron chi connectivity index (χ2n) is 6.74. The molecule has 0 bridgehead atoms. The molecule has 1 amide bonds. The Balaban J connectivity index is 1.57. The van der Waals surface area contributed by atoms with Gasteiger partial charge in [-0.15, -0.1) is 0 Å². The van der Waals surface area contributed by atoms with E-state index < -0.39 is 0 Å². The largest absolute Gasteiger partial charge is 0.494 e. The Kier molecular flexibility index (Phi) is 5.57. The first-order chi connectivity index (χ1) is 14.7. The fraction of sp³-hybridized carbons (Fsp3) is 0.125. The Morgan fingerprint density at radius 1 is 0.967 bits per heavy atom. The lowest BCUT2D eigenvalue weighted by Gasteiger charge is -2.14. The highest BCUT2D eigenvalue weighted by molar-refractivity contribution is 5.95. The van der Waals surface area contributed by atoms with Crippen molar-refractivity contribution in [3.63, 3.8) is 0 Å². The Morgan fingerprint density at radius 3 is 2.17 bits per heavy atom. The number of ether oxygens (including phenoxy) is 1. The van der Waals surface area contributed by atoms with Crippen LogP contribution >= 0.6 is 0 Å². The van der Waals surface area contributed by atoms with E-state index >= 15 is 0 Å². The van der Waals surface area contributed by atoms with E-state index in [0.717, 1.165) is 11.3 Å². The van der Waals surface area contributed by atoms with Gasteiger partial charge < -0.3 is 9.30 Å². The van der Waals surface area contributed by atoms with Gasteiger partial charge in [-0.2, -0.15) is 5.10 Å². The van der Waals surface area contributed by atoms with E-state index in [1.54, 1.807) is 18.3 Å². The molecule has 0 saturated carbocycles. The molecule has 0 aliphatic carbocycles. The third-order valence-electron chi connectivity index (χ3n) is 4.77. The second kappa shape index (κ2) is 8.61. The summed E-state index contributed by atoms with van der Waals surface area (Å²) >= 11 is 0. The van der Waals surface area contributed by atoms with E-state index in [0.29, 0.717) is 28.4 Å². The van der Waals surface area contributed by atoms with Gasteiger partial charge in [0.05, 0.1) is 23.9 Å². The molecule has 0 radical (unpaired) electrons. The molecule has 0 aliphatic rings. The number of pyridine rings is 1. The van der Waals surface area contributed by atoms with Crippen molar-refractivity contribution >= 4 is 33.9 Å². The highest BCUT2D eigenvalue weighted by Gasteiger charge is 2.12. The number of fused-ring (bicyclic) bond motifs is 2. The first-order valence-electron chi connectivity index (χ1n) is 9.72. The Hall–Kier alpha value is -3.93. The van der Waals surface area contributed by atoms with Gasteiger partial charge in [0.15, 0.2) is 5.43 Å². The minimum atomic E-state index is -0.281. The number of rotatable bonds is 6. The quantitative estimate of drug-likeness (QED) is 0.305. The summed E-state index contributed by atoms with van der Waals surface area (Å²) in [5.41, 5.74) is 4.80. The molecule has 0 saturated heterocycles. The summed E-state index contributed by atoms with van der Waals surface area (Å²) < 4.78 is 7.25. The standard InChI is InChI=1S/C24H21N3O3/c1-2-30-18-13-11-17(12-14-18)15-25-26-23(28)16-27-21-9-5-3-7-19(21)24(29)20-8-4-6-10-22(20)27/h3-15H,2,16H2,1H3,(H,26,28)/b25-15+. The number of aromatic nitrogens is 1. The molecular formula is C24H21N3O3. The third kappa shape index (κ3) is 3.93. The zero-order chi connectivity index (χ0) is 20.9. The van der Waals surface area contributed by atoms with Gasteiger partial charge in [0.1, 0.15) is 12.3 Å². The third-order valence-corrected chi connectivity index (χ3v) is 4.77. The molecule has 6 heteroatoms. The van der Waals surface area contributed by atoms with Crippen molar-refractivity contribution in [2.45, 2.75) is 13.5 Å². The first kappa shape index (κ1) is 19.4. The molecule has 150 valence electrons. The van der Waals surface area contributed by atoms with Gasteiger partial charge >= 0.3 is 0 Å². The molecule has 3 aromatic carbocycles. The van der Waals surface area contributed by atoms with E-state index in [-0.39, 0.29) is 17.9 Å². The van der Waals surface area contributed by atoms with Gasteiger partial charge in [0.25, 0.3) is 5.91 Å². The monoisotopic (exact) mass is 399 g/mol. The van der Waals surface area contributed by atoms with Crippen molar-refractivity contribution in [1.29, 1.82) is 0 Å². The van der Waals surface area contributed by atoms with Crippen molar-refractivity contribution in [2.75, 3.05) is 6.61 Å². The van der Waals surface area contributed by atoms with Crippen molar-refractivity contribution in [2.24, 2.45) is 5.10 Å². The molecule has 1 N–H and O–H groups in total. The molecule has 4 aromatic rings. The van der Waals surface area contributed by atoms with E-state index in [1.165, 1.54) is 0 Å². The van der Waals surface area contributed by atoms with Crippen LogP contribution in [0.25, 0.3) is 21.8 Å². The minimum absolute atomic E-state index is 0.0358. The molecule has 30 heavy (non-hydrogen) atoms. The summed E-state index contributed by atoms with van der Waals surface area (Å²) in [7, 11) is 0. The van der Waals surface area contributed by atoms with Gasteiger partial charge in [-0.25, -0.2) is 5.43 Å². The number of carbonyl (C=O) groups is 1. The summed E-state index contributed by atoms with van der Waals surface area (Å²) in [5.74, 6) is 0.506. The minimum Gasteiger partial charge on any atom is -0.494 e. The lowest BCUT2D eigenvalue weighted by Crippen LogP contribution is -2.25. The fourth-order valence-electron chi connectivity index (χ4n) is 3.42. The van der Waals surface area contributed by atoms with Crippen LogP contribution in [0.4, 0.5) is 0 Å². The maximum absolute atomic E-state index is 12.8. The van der Waals surface area contributed by atoms with Gasteiger partial charge in [0, 0.05) is 10.8 Å². The van der Waals surface area contributed by atoms with Crippen LogP contribution in [-0.4, -0.2) is 23.3 Å². The summed E-state index contributed by atoms with van der Waals surface area (Å²) in [6.45, 7) is 2.58. The Bertz CT molecular complexity index is 1230. The molecule has 6 nitrogen and oxygen atoms in total. The topological polar surface area (TPSA) is 72.7 Å². The predicted octanol–water partition coefficient (Wildman–Crippen LogP) is 3.70. The normalized spacial score (nSPS) is 11.2. The van der Waals surface area contributed by atoms with Crippen LogP contribution < -0.4 is 15.6 Å². The molecule has 4 rings (SSSR count). The molecule has 0 fully saturated rings. The molecule has 0 spiro atoms. The molecule has 1 aromatic heterocycles. The summed E-state index contributed by atoms with van der Waals surface area (Å²) in [6, 6.07) is 22.0. The number of hydrogen-bond acceptors (Lipinski definition) is 4. The number of para-hydroxylation sites is 2. The predicted molar refractivity (Wildman–Crippen MR) is 119 cm³/mol. The maximum Gasteiger partial charge on any atom is 0.260 e. The Morgan fingerprint density at radius 2 is 1.57 bits per heavy atom. The van der Waals surface area contributed by atoms with E-state index in [9.17, 15) is 9.59 Å². The van der Waals surface area contributed by atoms with Crippen LogP contribution in [0.2, 0.25) is 0 Å². The fourth-order valence-corrected chi connectivity index (χ4v) is 3.42. The average molecular weight is 399 g/mol. The number of carbonyl (C=O) groups excluding carboxylic acids is 1. The van der Waals surface area contributed by atoms with Gasteiger partial charge in [0.2, 0.25) is 0 Å². The zero-order valence-corrected chi connectivity index (χ0v) is 16.5. The smallest absolute Gasteiger partial charge is 0.260 e. The van der Waals surface area contributed by atoms with Crippen LogP contribution in [0, 0.1) is 0 Å². The summed E-state index contributed by atoms with van der Waals surface area (Å²) in [5, 5.41) is 5.22. The van der Waals surface area contributed by atoms with E-state index in [1.807, 2.05) is 72.2 Å². The van der Waals surface area contributed by atoms with Gasteiger partial charge in [-0.1, -0.05) is 24.3 Å². The first-order valence-corrected chi connectivity index (χ1v) is 9.72. The number of amides is 1. The van der Waals surface area contributed by atoms with E-state index in [4.69, 9.17) is 4.74 Å². The second-order valence-corrected chi connectivity index (χ2v) is 6.74.